The van der Waals surface area contributed by atoms with Gasteiger partial charge < -0.3 is 20.2 Å². The molecule has 1 aromatic carbocycles. The first-order chi connectivity index (χ1) is 12.2. The van der Waals surface area contributed by atoms with Crippen molar-refractivity contribution in [2.45, 2.75) is 0 Å². The van der Waals surface area contributed by atoms with E-state index in [4.69, 9.17) is 4.74 Å². The molecule has 4 rings (SSSR count). The van der Waals surface area contributed by atoms with Gasteiger partial charge in [0.2, 0.25) is 0 Å². The number of thiazole rings is 1. The average Bonchev–Trinajstić information content (AvgIpc) is 3.06. The molecule has 8 heteroatoms. The van der Waals surface area contributed by atoms with Crippen LogP contribution in [0, 0.1) is 5.21 Å². The number of fused-ring (bicyclic) bond motifs is 1. The summed E-state index contributed by atoms with van der Waals surface area (Å²) >= 11 is 1.61. The molecule has 1 amide bonds. The molecule has 0 spiro atoms. The molecule has 0 radical (unpaired) electrons. The van der Waals surface area contributed by atoms with Crippen molar-refractivity contribution in [2.75, 3.05) is 36.5 Å². The second-order valence-corrected chi connectivity index (χ2v) is 6.69. The molecule has 1 aliphatic heterocycles. The summed E-state index contributed by atoms with van der Waals surface area (Å²) in [4.78, 5) is 19.1. The second kappa shape index (κ2) is 6.66. The predicted molar refractivity (Wildman–Crippen MR) is 96.0 cm³/mol. The van der Waals surface area contributed by atoms with E-state index >= 15 is 0 Å². The molecular formula is C17H16N4O3S. The van der Waals surface area contributed by atoms with Crippen molar-refractivity contribution in [1.82, 2.24) is 4.98 Å². The third-order valence-electron chi connectivity index (χ3n) is 3.98. The van der Waals surface area contributed by atoms with Crippen molar-refractivity contribution in [1.29, 1.82) is 0 Å². The quantitative estimate of drug-likeness (QED) is 0.574. The molecule has 0 aliphatic carbocycles. The van der Waals surface area contributed by atoms with Gasteiger partial charge in [0.1, 0.15) is 0 Å². The van der Waals surface area contributed by atoms with Crippen molar-refractivity contribution < 1.29 is 14.3 Å². The largest absolute Gasteiger partial charge is 0.619 e. The maximum absolute atomic E-state index is 12.3. The number of carbonyl (C=O) groups is 1. The van der Waals surface area contributed by atoms with E-state index in [9.17, 15) is 10.0 Å². The smallest absolute Gasteiger partial charge is 0.256 e. The van der Waals surface area contributed by atoms with Crippen LogP contribution >= 0.6 is 11.3 Å². The molecule has 25 heavy (non-hydrogen) atoms. The van der Waals surface area contributed by atoms with Gasteiger partial charge >= 0.3 is 0 Å². The van der Waals surface area contributed by atoms with E-state index in [-0.39, 0.29) is 5.91 Å². The molecule has 1 saturated heterocycles. The summed E-state index contributed by atoms with van der Waals surface area (Å²) in [6, 6.07) is 8.64. The Morgan fingerprint density at radius 2 is 2.00 bits per heavy atom. The summed E-state index contributed by atoms with van der Waals surface area (Å²) in [7, 11) is 0. The minimum Gasteiger partial charge on any atom is -0.619 e. The molecule has 0 unspecified atom stereocenters. The number of nitrogens with one attached hydrogen (secondary N) is 1. The maximum Gasteiger partial charge on any atom is 0.256 e. The minimum atomic E-state index is -0.252. The number of carbonyl (C=O) groups excluding carboxylic acids is 1. The van der Waals surface area contributed by atoms with Crippen molar-refractivity contribution in [2.24, 2.45) is 0 Å². The standard InChI is InChI=1S/C17H16N4O3S/c22-16(12-3-5-21(23)6-4-12)18-13-1-2-14-15(11-13)25-17(19-14)20-7-9-24-10-8-20/h1-6,11H,7-10H2,(H,18,22). The van der Waals surface area contributed by atoms with Gasteiger partial charge in [-0.1, -0.05) is 11.3 Å². The van der Waals surface area contributed by atoms with Crippen LogP contribution in [0.2, 0.25) is 0 Å². The highest BCUT2D eigenvalue weighted by atomic mass is 32.1. The van der Waals surface area contributed by atoms with E-state index in [0.717, 1.165) is 41.7 Å². The second-order valence-electron chi connectivity index (χ2n) is 5.68. The zero-order chi connectivity index (χ0) is 17.2. The molecule has 7 nitrogen and oxygen atoms in total. The Labute approximate surface area is 148 Å². The van der Waals surface area contributed by atoms with Crippen LogP contribution in [0.3, 0.4) is 0 Å². The molecule has 0 saturated carbocycles. The maximum atomic E-state index is 12.3. The van der Waals surface area contributed by atoms with Gasteiger partial charge in [-0.25, -0.2) is 4.98 Å². The fourth-order valence-electron chi connectivity index (χ4n) is 2.65. The molecule has 3 heterocycles. The number of nitrogens with zero attached hydrogens (tertiary/aromatic N) is 3. The highest BCUT2D eigenvalue weighted by molar-refractivity contribution is 7.22. The number of rotatable bonds is 3. The van der Waals surface area contributed by atoms with E-state index in [0.29, 0.717) is 16.0 Å². The Hall–Kier alpha value is -2.71. The van der Waals surface area contributed by atoms with Gasteiger partial charge in [-0.3, -0.25) is 4.79 Å². The highest BCUT2D eigenvalue weighted by Gasteiger charge is 2.16. The van der Waals surface area contributed by atoms with E-state index in [1.165, 1.54) is 24.5 Å². The Morgan fingerprint density at radius 1 is 1.24 bits per heavy atom. The average molecular weight is 356 g/mol. The van der Waals surface area contributed by atoms with E-state index in [1.807, 2.05) is 18.2 Å². The van der Waals surface area contributed by atoms with Crippen LogP contribution in [-0.2, 0) is 4.74 Å². The number of amides is 1. The first-order valence-corrected chi connectivity index (χ1v) is 8.74. The number of ether oxygens (including phenoxy) is 1. The molecule has 0 bridgehead atoms. The first-order valence-electron chi connectivity index (χ1n) is 7.92. The Bertz CT molecular complexity index is 904. The van der Waals surface area contributed by atoms with Gasteiger partial charge in [0.25, 0.3) is 5.91 Å². The Morgan fingerprint density at radius 3 is 2.76 bits per heavy atom. The lowest BCUT2D eigenvalue weighted by Crippen LogP contribution is -2.36. The monoisotopic (exact) mass is 356 g/mol. The lowest BCUT2D eigenvalue weighted by atomic mass is 10.2. The number of benzene rings is 1. The van der Waals surface area contributed by atoms with Gasteiger partial charge in [0, 0.05) is 30.9 Å². The summed E-state index contributed by atoms with van der Waals surface area (Å²) in [6.07, 6.45) is 2.60. The fourth-order valence-corrected chi connectivity index (χ4v) is 3.70. The van der Waals surface area contributed by atoms with Gasteiger partial charge in [0.15, 0.2) is 17.5 Å². The van der Waals surface area contributed by atoms with Crippen molar-refractivity contribution in [3.05, 3.63) is 53.5 Å². The van der Waals surface area contributed by atoms with Crippen LogP contribution in [0.25, 0.3) is 10.2 Å². The number of pyridine rings is 1. The first kappa shape index (κ1) is 15.8. The molecule has 3 aromatic rings. The van der Waals surface area contributed by atoms with Crippen LogP contribution in [0.1, 0.15) is 10.4 Å². The number of hydrogen-bond acceptors (Lipinski definition) is 6. The highest BCUT2D eigenvalue weighted by Crippen LogP contribution is 2.31. The topological polar surface area (TPSA) is 81.4 Å². The lowest BCUT2D eigenvalue weighted by molar-refractivity contribution is -0.605. The number of hydrogen-bond donors (Lipinski definition) is 1. The molecule has 128 valence electrons. The fraction of sp³-hybridized carbons (Fsp3) is 0.235. The zero-order valence-corrected chi connectivity index (χ0v) is 14.2. The minimum absolute atomic E-state index is 0.252. The number of anilines is 2. The lowest BCUT2D eigenvalue weighted by Gasteiger charge is -2.25. The Balaban J connectivity index is 1.54. The van der Waals surface area contributed by atoms with E-state index in [2.05, 4.69) is 15.2 Å². The summed E-state index contributed by atoms with van der Waals surface area (Å²) in [6.45, 7) is 3.13. The van der Waals surface area contributed by atoms with E-state index < -0.39 is 0 Å². The van der Waals surface area contributed by atoms with Crippen LogP contribution in [-0.4, -0.2) is 37.2 Å². The SMILES string of the molecule is O=C(Nc1ccc2nc(N3CCOCC3)sc2c1)c1cc[n+]([O-])cc1. The van der Waals surface area contributed by atoms with Crippen molar-refractivity contribution in [3.63, 3.8) is 0 Å². The van der Waals surface area contributed by atoms with Crippen LogP contribution in [0.5, 0.6) is 0 Å². The molecule has 0 atom stereocenters. The van der Waals surface area contributed by atoms with E-state index in [1.54, 1.807) is 11.3 Å². The Kier molecular flexibility index (Phi) is 4.21. The van der Waals surface area contributed by atoms with Gasteiger partial charge in [-0.05, 0) is 18.2 Å². The number of morpholine rings is 1. The third-order valence-corrected chi connectivity index (χ3v) is 5.06. The normalized spacial score (nSPS) is 14.6. The van der Waals surface area contributed by atoms with Gasteiger partial charge in [-0.2, -0.15) is 4.73 Å². The van der Waals surface area contributed by atoms with Gasteiger partial charge in [0.05, 0.1) is 29.0 Å². The van der Waals surface area contributed by atoms with Gasteiger partial charge in [-0.15, -0.1) is 0 Å². The molecule has 2 aromatic heterocycles. The predicted octanol–water partition coefficient (Wildman–Crippen LogP) is 2.02. The molecule has 1 N–H and O–H groups in total. The van der Waals surface area contributed by atoms with Crippen LogP contribution < -0.4 is 14.9 Å². The summed E-state index contributed by atoms with van der Waals surface area (Å²) < 4.78 is 7.04. The van der Waals surface area contributed by atoms with Crippen molar-refractivity contribution in [3.8, 4) is 0 Å². The zero-order valence-electron chi connectivity index (χ0n) is 13.3. The summed E-state index contributed by atoms with van der Waals surface area (Å²) in [5.41, 5.74) is 2.05. The molecule has 1 fully saturated rings. The van der Waals surface area contributed by atoms with Crippen LogP contribution in [0.4, 0.5) is 10.8 Å². The summed E-state index contributed by atoms with van der Waals surface area (Å²) in [5.74, 6) is -0.252. The third kappa shape index (κ3) is 3.40. The van der Waals surface area contributed by atoms with Crippen molar-refractivity contribution >= 4 is 38.3 Å². The number of aromatic nitrogens is 2. The van der Waals surface area contributed by atoms with Crippen LogP contribution in [0.15, 0.2) is 42.7 Å². The summed E-state index contributed by atoms with van der Waals surface area (Å²) in [5, 5.41) is 14.9. The molecule has 1 aliphatic rings. The molecular weight excluding hydrogens is 340 g/mol.